The van der Waals surface area contributed by atoms with Crippen molar-refractivity contribution in [3.63, 3.8) is 0 Å². The Morgan fingerprint density at radius 2 is 1.86 bits per heavy atom. The fourth-order valence-corrected chi connectivity index (χ4v) is 2.36. The molecule has 1 aliphatic heterocycles. The summed E-state index contributed by atoms with van der Waals surface area (Å²) in [5.41, 5.74) is 1.18. The number of phenols is 1. The molecule has 0 aromatic heterocycles. The van der Waals surface area contributed by atoms with E-state index in [9.17, 15) is 5.11 Å². The van der Waals surface area contributed by atoms with Gasteiger partial charge in [-0.15, -0.1) is 0 Å². The lowest BCUT2D eigenvalue weighted by Gasteiger charge is -2.20. The molecule has 1 atom stereocenters. The number of benzene rings is 2. The van der Waals surface area contributed by atoms with Gasteiger partial charge in [0, 0.05) is 13.0 Å². The zero-order valence-corrected chi connectivity index (χ0v) is 11.7. The predicted octanol–water partition coefficient (Wildman–Crippen LogP) is 2.38. The van der Waals surface area contributed by atoms with Crippen LogP contribution in [0.15, 0.2) is 59.6 Å². The third-order valence-electron chi connectivity index (χ3n) is 3.40. The van der Waals surface area contributed by atoms with E-state index in [1.165, 1.54) is 5.56 Å². The molecule has 2 N–H and O–H groups in total. The quantitative estimate of drug-likeness (QED) is 0.885. The average molecular weight is 282 g/mol. The van der Waals surface area contributed by atoms with E-state index in [0.717, 1.165) is 18.9 Å². The van der Waals surface area contributed by atoms with E-state index in [1.807, 2.05) is 24.3 Å². The van der Waals surface area contributed by atoms with E-state index in [4.69, 9.17) is 4.74 Å². The SMILES string of the molecule is Oc1ccccc1OC(Cc1ccccc1)C1=NCCN1. The number of aromatic hydroxyl groups is 1. The summed E-state index contributed by atoms with van der Waals surface area (Å²) in [5.74, 6) is 1.48. The molecule has 0 fully saturated rings. The maximum absolute atomic E-state index is 9.88. The second kappa shape index (κ2) is 6.31. The number of amidine groups is 1. The molecule has 4 heteroatoms. The summed E-state index contributed by atoms with van der Waals surface area (Å²) in [6.45, 7) is 1.61. The smallest absolute Gasteiger partial charge is 0.162 e. The number of hydrogen-bond acceptors (Lipinski definition) is 4. The van der Waals surface area contributed by atoms with Crippen molar-refractivity contribution >= 4 is 5.84 Å². The Bertz CT molecular complexity index is 626. The summed E-state index contributed by atoms with van der Waals surface area (Å²) in [7, 11) is 0. The number of rotatable bonds is 5. The number of hydrogen-bond donors (Lipinski definition) is 2. The van der Waals surface area contributed by atoms with E-state index in [-0.39, 0.29) is 11.9 Å². The molecule has 1 unspecified atom stereocenters. The Labute approximate surface area is 124 Å². The topological polar surface area (TPSA) is 53.9 Å². The van der Waals surface area contributed by atoms with Crippen LogP contribution < -0.4 is 10.1 Å². The number of nitrogens with one attached hydrogen (secondary N) is 1. The van der Waals surface area contributed by atoms with Crippen molar-refractivity contribution in [2.45, 2.75) is 12.5 Å². The maximum atomic E-state index is 9.88. The van der Waals surface area contributed by atoms with Crippen molar-refractivity contribution in [3.8, 4) is 11.5 Å². The summed E-state index contributed by atoms with van der Waals surface area (Å²) < 4.78 is 5.99. The molecule has 0 saturated carbocycles. The van der Waals surface area contributed by atoms with Crippen LogP contribution in [-0.4, -0.2) is 30.1 Å². The summed E-state index contributed by atoms with van der Waals surface area (Å²) in [6, 6.07) is 17.2. The van der Waals surface area contributed by atoms with Gasteiger partial charge in [-0.2, -0.15) is 0 Å². The number of ether oxygens (including phenoxy) is 1. The fourth-order valence-electron chi connectivity index (χ4n) is 2.36. The summed E-state index contributed by atoms with van der Waals surface area (Å²) in [6.07, 6.45) is 0.490. The van der Waals surface area contributed by atoms with Crippen molar-refractivity contribution in [3.05, 3.63) is 60.2 Å². The highest BCUT2D eigenvalue weighted by Crippen LogP contribution is 2.26. The van der Waals surface area contributed by atoms with Gasteiger partial charge in [-0.3, -0.25) is 4.99 Å². The predicted molar refractivity (Wildman–Crippen MR) is 83.0 cm³/mol. The van der Waals surface area contributed by atoms with Gasteiger partial charge in [0.25, 0.3) is 0 Å². The van der Waals surface area contributed by atoms with E-state index >= 15 is 0 Å². The Balaban J connectivity index is 1.81. The zero-order valence-electron chi connectivity index (χ0n) is 11.7. The van der Waals surface area contributed by atoms with Crippen LogP contribution in [0.4, 0.5) is 0 Å². The molecule has 1 heterocycles. The van der Waals surface area contributed by atoms with Crippen molar-refractivity contribution < 1.29 is 9.84 Å². The monoisotopic (exact) mass is 282 g/mol. The Hall–Kier alpha value is -2.49. The van der Waals surface area contributed by atoms with Gasteiger partial charge < -0.3 is 15.2 Å². The van der Waals surface area contributed by atoms with Gasteiger partial charge in [-0.05, 0) is 17.7 Å². The first kappa shape index (κ1) is 13.5. The van der Waals surface area contributed by atoms with Crippen molar-refractivity contribution in [1.29, 1.82) is 0 Å². The highest BCUT2D eigenvalue weighted by molar-refractivity contribution is 5.88. The molecule has 2 aromatic carbocycles. The largest absolute Gasteiger partial charge is 0.504 e. The normalized spacial score (nSPS) is 15.1. The van der Waals surface area contributed by atoms with Crippen molar-refractivity contribution in [2.24, 2.45) is 4.99 Å². The van der Waals surface area contributed by atoms with Gasteiger partial charge in [0.2, 0.25) is 0 Å². The van der Waals surface area contributed by atoms with Gasteiger partial charge in [0.1, 0.15) is 5.84 Å². The first-order chi connectivity index (χ1) is 10.3. The molecule has 3 rings (SSSR count). The van der Waals surface area contributed by atoms with Crippen LogP contribution in [0.3, 0.4) is 0 Å². The number of nitrogens with zero attached hydrogens (tertiary/aromatic N) is 1. The van der Waals surface area contributed by atoms with Gasteiger partial charge in [-0.1, -0.05) is 42.5 Å². The lowest BCUT2D eigenvalue weighted by atomic mass is 10.1. The highest BCUT2D eigenvalue weighted by atomic mass is 16.5. The molecule has 0 bridgehead atoms. The van der Waals surface area contributed by atoms with Gasteiger partial charge in [-0.25, -0.2) is 0 Å². The first-order valence-corrected chi connectivity index (χ1v) is 7.10. The molecular formula is C17H18N2O2. The first-order valence-electron chi connectivity index (χ1n) is 7.10. The fraction of sp³-hybridized carbons (Fsp3) is 0.235. The molecule has 0 saturated heterocycles. The molecule has 0 radical (unpaired) electrons. The molecule has 0 aliphatic carbocycles. The molecule has 0 spiro atoms. The van der Waals surface area contributed by atoms with Gasteiger partial charge in [0.15, 0.2) is 17.6 Å². The molecular weight excluding hydrogens is 264 g/mol. The van der Waals surface area contributed by atoms with Crippen LogP contribution >= 0.6 is 0 Å². The van der Waals surface area contributed by atoms with E-state index in [1.54, 1.807) is 18.2 Å². The van der Waals surface area contributed by atoms with Crippen LogP contribution in [0.25, 0.3) is 0 Å². The lowest BCUT2D eigenvalue weighted by molar-refractivity contribution is 0.252. The van der Waals surface area contributed by atoms with Gasteiger partial charge >= 0.3 is 0 Å². The minimum atomic E-state index is -0.219. The second-order valence-corrected chi connectivity index (χ2v) is 4.96. The molecule has 21 heavy (non-hydrogen) atoms. The van der Waals surface area contributed by atoms with E-state index < -0.39 is 0 Å². The van der Waals surface area contributed by atoms with Crippen LogP contribution in [0.2, 0.25) is 0 Å². The van der Waals surface area contributed by atoms with Crippen LogP contribution in [-0.2, 0) is 6.42 Å². The highest BCUT2D eigenvalue weighted by Gasteiger charge is 2.22. The van der Waals surface area contributed by atoms with Crippen LogP contribution in [0, 0.1) is 0 Å². The molecule has 0 amide bonds. The summed E-state index contributed by atoms with van der Waals surface area (Å²) in [4.78, 5) is 4.46. The van der Waals surface area contributed by atoms with Crippen LogP contribution in [0.5, 0.6) is 11.5 Å². The lowest BCUT2D eigenvalue weighted by Crippen LogP contribution is -2.37. The standard InChI is InChI=1S/C17H18N2O2/c20-14-8-4-5-9-15(14)21-16(17-18-10-11-19-17)12-13-6-2-1-3-7-13/h1-9,16,20H,10-12H2,(H,18,19). The maximum Gasteiger partial charge on any atom is 0.162 e. The minimum absolute atomic E-state index is 0.147. The number of para-hydroxylation sites is 2. The van der Waals surface area contributed by atoms with Crippen molar-refractivity contribution in [2.75, 3.05) is 13.1 Å². The van der Waals surface area contributed by atoms with Crippen LogP contribution in [0.1, 0.15) is 5.56 Å². The number of aliphatic imine (C=N–C) groups is 1. The number of phenolic OH excluding ortho intramolecular Hbond substituents is 1. The minimum Gasteiger partial charge on any atom is -0.504 e. The Kier molecular flexibility index (Phi) is 4.05. The molecule has 108 valence electrons. The third kappa shape index (κ3) is 3.34. The van der Waals surface area contributed by atoms with Gasteiger partial charge in [0.05, 0.1) is 6.54 Å². The summed E-state index contributed by atoms with van der Waals surface area (Å²) in [5, 5.41) is 13.1. The Morgan fingerprint density at radius 3 is 2.57 bits per heavy atom. The average Bonchev–Trinajstić information content (AvgIpc) is 3.04. The summed E-state index contributed by atoms with van der Waals surface area (Å²) >= 11 is 0. The third-order valence-corrected chi connectivity index (χ3v) is 3.40. The van der Waals surface area contributed by atoms with E-state index in [0.29, 0.717) is 12.2 Å². The van der Waals surface area contributed by atoms with Crippen molar-refractivity contribution in [1.82, 2.24) is 5.32 Å². The Morgan fingerprint density at radius 1 is 1.10 bits per heavy atom. The molecule has 4 nitrogen and oxygen atoms in total. The zero-order chi connectivity index (χ0) is 14.5. The molecule has 2 aromatic rings. The molecule has 1 aliphatic rings. The van der Waals surface area contributed by atoms with E-state index in [2.05, 4.69) is 22.4 Å². The second-order valence-electron chi connectivity index (χ2n) is 4.96.